The minimum Gasteiger partial charge on any atom is -0.390 e. The Labute approximate surface area is 102 Å². The molecule has 0 atom stereocenters. The van der Waals surface area contributed by atoms with Gasteiger partial charge in [0.2, 0.25) is 0 Å². The Hall–Kier alpha value is -1.74. The van der Waals surface area contributed by atoms with Crippen molar-refractivity contribution in [3.63, 3.8) is 0 Å². The van der Waals surface area contributed by atoms with E-state index in [0.29, 0.717) is 6.54 Å². The maximum atomic E-state index is 8.84. The lowest BCUT2D eigenvalue weighted by Gasteiger charge is -2.00. The molecule has 2 aromatic heterocycles. The van der Waals surface area contributed by atoms with Crippen molar-refractivity contribution in [1.29, 1.82) is 0 Å². The molecule has 3 heteroatoms. The molecule has 0 aliphatic heterocycles. The van der Waals surface area contributed by atoms with E-state index in [1.807, 2.05) is 17.0 Å². The fourth-order valence-corrected chi connectivity index (χ4v) is 1.77. The second-order valence-corrected chi connectivity index (χ2v) is 3.97. The first kappa shape index (κ1) is 11.7. The molecule has 2 rings (SSSR count). The van der Waals surface area contributed by atoms with Crippen molar-refractivity contribution >= 4 is 0 Å². The molecule has 1 N–H and O–H groups in total. The van der Waals surface area contributed by atoms with E-state index in [0.717, 1.165) is 6.54 Å². The molecule has 0 aliphatic rings. The molecule has 0 radical (unpaired) electrons. The first-order valence-corrected chi connectivity index (χ1v) is 5.93. The summed E-state index contributed by atoms with van der Waals surface area (Å²) in [6.45, 7) is 3.93. The van der Waals surface area contributed by atoms with E-state index in [1.165, 1.54) is 11.1 Å². The SMILES string of the molecule is CC[n+]1ccc(-c2cc[n+](CCO)cc2)cc1. The third-order valence-corrected chi connectivity index (χ3v) is 2.84. The van der Waals surface area contributed by atoms with Crippen molar-refractivity contribution in [2.75, 3.05) is 6.61 Å². The van der Waals surface area contributed by atoms with Crippen LogP contribution in [0.3, 0.4) is 0 Å². The van der Waals surface area contributed by atoms with Gasteiger partial charge in [0.05, 0.1) is 0 Å². The summed E-state index contributed by atoms with van der Waals surface area (Å²) in [5, 5.41) is 8.84. The summed E-state index contributed by atoms with van der Waals surface area (Å²) in [7, 11) is 0. The largest absolute Gasteiger partial charge is 0.390 e. The highest BCUT2D eigenvalue weighted by Gasteiger charge is 2.04. The summed E-state index contributed by atoms with van der Waals surface area (Å²) < 4.78 is 4.11. The smallest absolute Gasteiger partial charge is 0.171 e. The molecular weight excluding hydrogens is 212 g/mol. The summed E-state index contributed by atoms with van der Waals surface area (Å²) in [6.07, 6.45) is 8.16. The van der Waals surface area contributed by atoms with Gasteiger partial charge in [-0.2, -0.15) is 0 Å². The average Bonchev–Trinajstić information content (AvgIpc) is 2.40. The zero-order valence-corrected chi connectivity index (χ0v) is 10.1. The normalized spacial score (nSPS) is 10.5. The molecule has 0 fully saturated rings. The van der Waals surface area contributed by atoms with Gasteiger partial charge in [0.25, 0.3) is 0 Å². The fourth-order valence-electron chi connectivity index (χ4n) is 1.77. The lowest BCUT2D eigenvalue weighted by molar-refractivity contribution is -0.698. The van der Waals surface area contributed by atoms with Gasteiger partial charge < -0.3 is 5.11 Å². The summed E-state index contributed by atoms with van der Waals surface area (Å²) in [4.78, 5) is 0. The van der Waals surface area contributed by atoms with Gasteiger partial charge in [-0.1, -0.05) is 0 Å². The number of aryl methyl sites for hydroxylation is 1. The number of hydrogen-bond acceptors (Lipinski definition) is 1. The predicted octanol–water partition coefficient (Wildman–Crippen LogP) is 0.941. The number of hydrogen-bond donors (Lipinski definition) is 1. The van der Waals surface area contributed by atoms with E-state index in [2.05, 4.69) is 48.1 Å². The van der Waals surface area contributed by atoms with E-state index < -0.39 is 0 Å². The molecule has 0 aromatic carbocycles. The summed E-state index contributed by atoms with van der Waals surface area (Å²) >= 11 is 0. The third-order valence-electron chi connectivity index (χ3n) is 2.84. The van der Waals surface area contributed by atoms with Crippen LogP contribution in [0.5, 0.6) is 0 Å². The van der Waals surface area contributed by atoms with Crippen LogP contribution in [0.4, 0.5) is 0 Å². The maximum Gasteiger partial charge on any atom is 0.171 e. The van der Waals surface area contributed by atoms with Gasteiger partial charge in [0.1, 0.15) is 13.2 Å². The number of aromatic nitrogens is 2. The number of pyridine rings is 2. The molecule has 0 unspecified atom stereocenters. The number of aliphatic hydroxyl groups excluding tert-OH is 1. The molecule has 3 nitrogen and oxygen atoms in total. The zero-order valence-electron chi connectivity index (χ0n) is 10.1. The fraction of sp³-hybridized carbons (Fsp3) is 0.286. The Morgan fingerprint density at radius 2 is 1.35 bits per heavy atom. The Morgan fingerprint density at radius 3 is 1.76 bits per heavy atom. The van der Waals surface area contributed by atoms with Crippen molar-refractivity contribution in [3.05, 3.63) is 49.1 Å². The monoisotopic (exact) mass is 230 g/mol. The van der Waals surface area contributed by atoms with Gasteiger partial charge in [-0.05, 0) is 18.1 Å². The molecule has 0 spiro atoms. The highest BCUT2D eigenvalue weighted by Crippen LogP contribution is 2.15. The molecule has 0 saturated carbocycles. The highest BCUT2D eigenvalue weighted by molar-refractivity contribution is 5.60. The van der Waals surface area contributed by atoms with Gasteiger partial charge in [0, 0.05) is 24.3 Å². The first-order valence-electron chi connectivity index (χ1n) is 5.93. The van der Waals surface area contributed by atoms with E-state index >= 15 is 0 Å². The summed E-state index contributed by atoms with van der Waals surface area (Å²) in [5.41, 5.74) is 2.41. The topological polar surface area (TPSA) is 28.0 Å². The Kier molecular flexibility index (Phi) is 3.83. The molecule has 2 aromatic rings. The van der Waals surface area contributed by atoms with Crippen LogP contribution in [0.25, 0.3) is 11.1 Å². The van der Waals surface area contributed by atoms with Gasteiger partial charge in [-0.3, -0.25) is 0 Å². The van der Waals surface area contributed by atoms with Crippen molar-refractivity contribution < 1.29 is 14.2 Å². The van der Waals surface area contributed by atoms with Gasteiger partial charge in [-0.25, -0.2) is 9.13 Å². The molecule has 0 amide bonds. The standard InChI is InChI=1S/C14H18N2O/c1-2-15-7-3-13(4-8-15)14-5-9-16(10-6-14)11-12-17/h3-10,17H,2,11-12H2,1H3/q+2. The van der Waals surface area contributed by atoms with Crippen LogP contribution in [0.1, 0.15) is 6.92 Å². The predicted molar refractivity (Wildman–Crippen MR) is 65.0 cm³/mol. The summed E-state index contributed by atoms with van der Waals surface area (Å²) in [5.74, 6) is 0. The third kappa shape index (κ3) is 2.88. The lowest BCUT2D eigenvalue weighted by Crippen LogP contribution is -2.34. The van der Waals surface area contributed by atoms with E-state index in [-0.39, 0.29) is 6.61 Å². The van der Waals surface area contributed by atoms with Crippen LogP contribution in [0.2, 0.25) is 0 Å². The molecule has 0 aliphatic carbocycles. The summed E-state index contributed by atoms with van der Waals surface area (Å²) in [6, 6.07) is 8.38. The maximum absolute atomic E-state index is 8.84. The number of rotatable bonds is 4. The van der Waals surface area contributed by atoms with E-state index in [1.54, 1.807) is 0 Å². The minimum atomic E-state index is 0.172. The highest BCUT2D eigenvalue weighted by atomic mass is 16.3. The second kappa shape index (κ2) is 5.55. The molecular formula is C14H18N2O+2. The van der Waals surface area contributed by atoms with Crippen LogP contribution in [0, 0.1) is 0 Å². The van der Waals surface area contributed by atoms with Crippen LogP contribution >= 0.6 is 0 Å². The lowest BCUT2D eigenvalue weighted by atomic mass is 10.1. The van der Waals surface area contributed by atoms with Crippen molar-refractivity contribution in [3.8, 4) is 11.1 Å². The minimum absolute atomic E-state index is 0.172. The quantitative estimate of drug-likeness (QED) is 0.778. The Morgan fingerprint density at radius 1 is 0.882 bits per heavy atom. The Balaban J connectivity index is 2.20. The number of aliphatic hydroxyl groups is 1. The first-order chi connectivity index (χ1) is 8.33. The van der Waals surface area contributed by atoms with Gasteiger partial charge in [-0.15, -0.1) is 0 Å². The number of nitrogens with zero attached hydrogens (tertiary/aromatic N) is 2. The van der Waals surface area contributed by atoms with Crippen molar-refractivity contribution in [1.82, 2.24) is 0 Å². The molecule has 88 valence electrons. The van der Waals surface area contributed by atoms with Gasteiger partial charge in [0.15, 0.2) is 31.3 Å². The molecule has 2 heterocycles. The van der Waals surface area contributed by atoms with Crippen LogP contribution < -0.4 is 9.13 Å². The van der Waals surface area contributed by atoms with Crippen molar-refractivity contribution in [2.45, 2.75) is 20.0 Å². The van der Waals surface area contributed by atoms with Crippen molar-refractivity contribution in [2.24, 2.45) is 0 Å². The van der Waals surface area contributed by atoms with Crippen LogP contribution in [0.15, 0.2) is 49.1 Å². The van der Waals surface area contributed by atoms with Gasteiger partial charge >= 0.3 is 0 Å². The zero-order chi connectivity index (χ0) is 12.1. The average molecular weight is 230 g/mol. The van der Waals surface area contributed by atoms with Crippen LogP contribution in [-0.4, -0.2) is 11.7 Å². The molecule has 17 heavy (non-hydrogen) atoms. The van der Waals surface area contributed by atoms with E-state index in [9.17, 15) is 0 Å². The molecule has 0 saturated heterocycles. The Bertz CT molecular complexity index is 463. The van der Waals surface area contributed by atoms with E-state index in [4.69, 9.17) is 5.11 Å². The second-order valence-electron chi connectivity index (χ2n) is 3.97. The van der Waals surface area contributed by atoms with Crippen LogP contribution in [-0.2, 0) is 13.1 Å². The molecule has 0 bridgehead atoms.